The summed E-state index contributed by atoms with van der Waals surface area (Å²) in [5.74, 6) is 0. The van der Waals surface area contributed by atoms with Crippen LogP contribution in [0, 0.1) is 0 Å². The molecule has 9 nitrogen and oxygen atoms in total. The minimum atomic E-state index is -4.45. The van der Waals surface area contributed by atoms with Gasteiger partial charge >= 0.3 is 12.3 Å². The molecule has 0 fully saturated rings. The minimum absolute atomic E-state index is 0.0203. The van der Waals surface area contributed by atoms with Crippen molar-refractivity contribution in [1.29, 1.82) is 0 Å². The predicted molar refractivity (Wildman–Crippen MR) is 137 cm³/mol. The van der Waals surface area contributed by atoms with Gasteiger partial charge in [0.15, 0.2) is 5.65 Å². The Kier molecular flexibility index (Phi) is 7.45. The summed E-state index contributed by atoms with van der Waals surface area (Å²) in [6.45, 7) is 6.81. The largest absolute Gasteiger partial charge is 0.444 e. The number of alkyl halides is 3. The zero-order valence-electron chi connectivity index (χ0n) is 21.9. The van der Waals surface area contributed by atoms with Gasteiger partial charge in [0.2, 0.25) is 0 Å². The van der Waals surface area contributed by atoms with E-state index in [1.54, 1.807) is 33.2 Å². The second kappa shape index (κ2) is 10.4. The number of rotatable bonds is 7. The lowest BCUT2D eigenvalue weighted by atomic mass is 10.1. The van der Waals surface area contributed by atoms with E-state index in [2.05, 4.69) is 25.4 Å². The maximum atomic E-state index is 13.1. The summed E-state index contributed by atoms with van der Waals surface area (Å²) in [6, 6.07) is 6.51. The molecule has 3 aromatic heterocycles. The fourth-order valence-corrected chi connectivity index (χ4v) is 3.85. The first kappa shape index (κ1) is 27.1. The molecule has 12 heteroatoms. The number of nitrogens with zero attached hydrogens (tertiary/aromatic N) is 6. The standard InChI is InChI=1S/C26H30F3N7O2/c1-25(2,3)38-24(37)31-15-21-22-20(17-14-32-35(16-17)13-12-34(4)5)10-11-30-23(22)36(33-21)19-8-6-18(7-9-19)26(27,28)29/h6-11,14,16H,12-13,15H2,1-5H3,(H,31,37). The van der Waals surface area contributed by atoms with Crippen LogP contribution in [0.5, 0.6) is 0 Å². The van der Waals surface area contributed by atoms with Crippen molar-refractivity contribution in [2.45, 2.75) is 45.6 Å². The molecule has 0 saturated heterocycles. The SMILES string of the molecule is CN(C)CCn1cc(-c2ccnc3c2c(CNC(=O)OC(C)(C)C)nn3-c2ccc(C(F)(F)F)cc2)cn1. The van der Waals surface area contributed by atoms with E-state index in [9.17, 15) is 18.0 Å². The van der Waals surface area contributed by atoms with E-state index in [4.69, 9.17) is 4.74 Å². The van der Waals surface area contributed by atoms with Crippen LogP contribution in [0.3, 0.4) is 0 Å². The van der Waals surface area contributed by atoms with Gasteiger partial charge in [0.05, 0.1) is 41.6 Å². The average Bonchev–Trinajstić information content (AvgIpc) is 3.45. The Morgan fingerprint density at radius 3 is 2.45 bits per heavy atom. The molecule has 38 heavy (non-hydrogen) atoms. The number of amides is 1. The molecule has 0 radical (unpaired) electrons. The molecular formula is C26H30F3N7O2. The highest BCUT2D eigenvalue weighted by molar-refractivity contribution is 5.95. The fourth-order valence-electron chi connectivity index (χ4n) is 3.85. The first-order valence-electron chi connectivity index (χ1n) is 12.0. The van der Waals surface area contributed by atoms with E-state index in [0.717, 1.165) is 29.8 Å². The van der Waals surface area contributed by atoms with Crippen molar-refractivity contribution in [2.75, 3.05) is 20.6 Å². The molecule has 202 valence electrons. The molecule has 0 atom stereocenters. The van der Waals surface area contributed by atoms with Gasteiger partial charge in [0, 0.05) is 24.5 Å². The van der Waals surface area contributed by atoms with Crippen molar-refractivity contribution in [3.05, 3.63) is 60.2 Å². The van der Waals surface area contributed by atoms with Gasteiger partial charge in [-0.1, -0.05) is 0 Å². The number of hydrogen-bond donors (Lipinski definition) is 1. The number of carbonyl (C=O) groups is 1. The van der Waals surface area contributed by atoms with Crippen molar-refractivity contribution in [1.82, 2.24) is 34.8 Å². The number of likely N-dealkylation sites (N-methyl/N-ethyl adjacent to an activating group) is 1. The molecule has 0 unspecified atom stereocenters. The summed E-state index contributed by atoms with van der Waals surface area (Å²) in [5, 5.41) is 12.5. The number of hydrogen-bond acceptors (Lipinski definition) is 6. The highest BCUT2D eigenvalue weighted by Gasteiger charge is 2.30. The number of fused-ring (bicyclic) bond motifs is 1. The average molecular weight is 530 g/mol. The summed E-state index contributed by atoms with van der Waals surface area (Å²) in [4.78, 5) is 18.9. The minimum Gasteiger partial charge on any atom is -0.444 e. The number of alkyl carbamates (subject to hydrolysis) is 1. The number of carbonyl (C=O) groups excluding carboxylic acids is 1. The fraction of sp³-hybridized carbons (Fsp3) is 0.385. The third-order valence-electron chi connectivity index (χ3n) is 5.60. The van der Waals surface area contributed by atoms with Crippen molar-refractivity contribution < 1.29 is 22.7 Å². The molecule has 0 aliphatic carbocycles. The Morgan fingerprint density at radius 1 is 1.11 bits per heavy atom. The van der Waals surface area contributed by atoms with Crippen molar-refractivity contribution in [2.24, 2.45) is 0 Å². The van der Waals surface area contributed by atoms with Crippen LogP contribution in [0.15, 0.2) is 48.9 Å². The first-order chi connectivity index (χ1) is 17.8. The van der Waals surface area contributed by atoms with E-state index >= 15 is 0 Å². The van der Waals surface area contributed by atoms with Crippen LogP contribution in [0.2, 0.25) is 0 Å². The molecular weight excluding hydrogens is 499 g/mol. The Balaban J connectivity index is 1.77. The zero-order chi connectivity index (χ0) is 27.7. The van der Waals surface area contributed by atoms with Gasteiger partial charge in [-0.25, -0.2) is 14.5 Å². The Bertz CT molecular complexity index is 1420. The van der Waals surface area contributed by atoms with Crippen LogP contribution >= 0.6 is 0 Å². The Morgan fingerprint density at radius 2 is 1.82 bits per heavy atom. The number of ether oxygens (including phenoxy) is 1. The monoisotopic (exact) mass is 529 g/mol. The van der Waals surface area contributed by atoms with Gasteiger partial charge in [0.1, 0.15) is 5.60 Å². The van der Waals surface area contributed by atoms with E-state index in [-0.39, 0.29) is 6.54 Å². The number of benzene rings is 1. The molecule has 0 spiro atoms. The van der Waals surface area contributed by atoms with Crippen LogP contribution in [-0.2, 0) is 24.0 Å². The molecule has 0 aliphatic rings. The maximum absolute atomic E-state index is 13.1. The van der Waals surface area contributed by atoms with Gasteiger partial charge < -0.3 is 15.0 Å². The lowest BCUT2D eigenvalue weighted by Gasteiger charge is -2.19. The Hall–Kier alpha value is -3.93. The predicted octanol–water partition coefficient (Wildman–Crippen LogP) is 4.89. The number of aromatic nitrogens is 5. The van der Waals surface area contributed by atoms with E-state index < -0.39 is 23.4 Å². The van der Waals surface area contributed by atoms with Crippen LogP contribution in [-0.4, -0.2) is 61.8 Å². The third kappa shape index (κ3) is 6.31. The van der Waals surface area contributed by atoms with E-state index in [0.29, 0.717) is 29.0 Å². The topological polar surface area (TPSA) is 90.1 Å². The van der Waals surface area contributed by atoms with Crippen molar-refractivity contribution in [3.63, 3.8) is 0 Å². The summed E-state index contributed by atoms with van der Waals surface area (Å²) < 4.78 is 48.0. The van der Waals surface area contributed by atoms with Crippen molar-refractivity contribution in [3.8, 4) is 16.8 Å². The van der Waals surface area contributed by atoms with E-state index in [1.807, 2.05) is 31.0 Å². The molecule has 1 amide bonds. The maximum Gasteiger partial charge on any atom is 0.416 e. The van der Waals surface area contributed by atoms with Gasteiger partial charge in [-0.15, -0.1) is 0 Å². The van der Waals surface area contributed by atoms with Gasteiger partial charge in [0.25, 0.3) is 0 Å². The number of halogens is 3. The Labute approximate surface area is 218 Å². The zero-order valence-corrected chi connectivity index (χ0v) is 21.9. The summed E-state index contributed by atoms with van der Waals surface area (Å²) in [5.41, 5.74) is 1.48. The number of nitrogens with one attached hydrogen (secondary N) is 1. The molecule has 4 aromatic rings. The second-order valence-electron chi connectivity index (χ2n) is 10.1. The van der Waals surface area contributed by atoms with Gasteiger partial charge in [-0.2, -0.15) is 23.4 Å². The van der Waals surface area contributed by atoms with Crippen LogP contribution in [0.1, 0.15) is 32.0 Å². The van der Waals surface area contributed by atoms with Crippen LogP contribution in [0.25, 0.3) is 27.8 Å². The molecule has 3 heterocycles. The second-order valence-corrected chi connectivity index (χ2v) is 10.1. The van der Waals surface area contributed by atoms with Gasteiger partial charge in [-0.05, 0) is 70.8 Å². The van der Waals surface area contributed by atoms with Gasteiger partial charge in [-0.3, -0.25) is 4.68 Å². The first-order valence-corrected chi connectivity index (χ1v) is 12.0. The molecule has 0 aliphatic heterocycles. The highest BCUT2D eigenvalue weighted by Crippen LogP contribution is 2.33. The number of pyridine rings is 1. The molecule has 1 aromatic carbocycles. The smallest absolute Gasteiger partial charge is 0.416 e. The van der Waals surface area contributed by atoms with Crippen molar-refractivity contribution >= 4 is 17.1 Å². The molecule has 4 rings (SSSR count). The summed E-state index contributed by atoms with van der Waals surface area (Å²) in [6.07, 6.45) is 0.203. The van der Waals surface area contributed by atoms with E-state index in [1.165, 1.54) is 16.8 Å². The lowest BCUT2D eigenvalue weighted by molar-refractivity contribution is -0.137. The molecule has 0 bridgehead atoms. The summed E-state index contributed by atoms with van der Waals surface area (Å²) in [7, 11) is 3.97. The molecule has 1 N–H and O–H groups in total. The van der Waals surface area contributed by atoms with Crippen LogP contribution < -0.4 is 5.32 Å². The normalized spacial score (nSPS) is 12.3. The third-order valence-corrected chi connectivity index (χ3v) is 5.60. The molecule has 0 saturated carbocycles. The lowest BCUT2D eigenvalue weighted by Crippen LogP contribution is -2.32. The quantitative estimate of drug-likeness (QED) is 0.367. The summed E-state index contributed by atoms with van der Waals surface area (Å²) >= 11 is 0. The van der Waals surface area contributed by atoms with Crippen LogP contribution in [0.4, 0.5) is 18.0 Å². The highest BCUT2D eigenvalue weighted by atomic mass is 19.4.